The standard InChI is InChI=1S/C14H25N3O.ClH/c18-13-9-14(11-16-13)3-7-17(8-4-14)10-12-1-5-15-6-2-12;/h12,15H,1-11H2,(H,16,18);1H. The summed E-state index contributed by atoms with van der Waals surface area (Å²) in [6, 6.07) is 0. The second-order valence-corrected chi connectivity index (χ2v) is 6.45. The molecule has 5 heteroatoms. The van der Waals surface area contributed by atoms with Crippen LogP contribution in [0.15, 0.2) is 0 Å². The van der Waals surface area contributed by atoms with Gasteiger partial charge in [0, 0.05) is 19.5 Å². The minimum Gasteiger partial charge on any atom is -0.356 e. The molecular formula is C14H26ClN3O. The third-order valence-electron chi connectivity index (χ3n) is 5.09. The smallest absolute Gasteiger partial charge is 0.220 e. The van der Waals surface area contributed by atoms with Gasteiger partial charge < -0.3 is 15.5 Å². The first-order chi connectivity index (χ1) is 8.76. The molecule has 3 saturated heterocycles. The van der Waals surface area contributed by atoms with E-state index >= 15 is 0 Å². The highest BCUT2D eigenvalue weighted by atomic mass is 35.5. The highest BCUT2D eigenvalue weighted by molar-refractivity contribution is 5.85. The van der Waals surface area contributed by atoms with Gasteiger partial charge in [-0.15, -0.1) is 12.4 Å². The fraction of sp³-hybridized carbons (Fsp3) is 0.929. The van der Waals surface area contributed by atoms with Crippen LogP contribution in [0.2, 0.25) is 0 Å². The Balaban J connectivity index is 0.00000133. The topological polar surface area (TPSA) is 44.4 Å². The van der Waals surface area contributed by atoms with Gasteiger partial charge in [-0.3, -0.25) is 4.79 Å². The van der Waals surface area contributed by atoms with E-state index in [1.54, 1.807) is 0 Å². The van der Waals surface area contributed by atoms with Gasteiger partial charge >= 0.3 is 0 Å². The van der Waals surface area contributed by atoms with E-state index in [9.17, 15) is 4.79 Å². The van der Waals surface area contributed by atoms with Crippen LogP contribution in [0.25, 0.3) is 0 Å². The minimum atomic E-state index is 0. The van der Waals surface area contributed by atoms with Crippen molar-refractivity contribution in [2.45, 2.75) is 32.1 Å². The van der Waals surface area contributed by atoms with Crippen molar-refractivity contribution >= 4 is 18.3 Å². The van der Waals surface area contributed by atoms with Gasteiger partial charge in [0.15, 0.2) is 0 Å². The van der Waals surface area contributed by atoms with Crippen molar-refractivity contribution in [2.24, 2.45) is 11.3 Å². The molecule has 0 unspecified atom stereocenters. The number of hydrogen-bond acceptors (Lipinski definition) is 3. The highest BCUT2D eigenvalue weighted by Crippen LogP contribution is 2.37. The quantitative estimate of drug-likeness (QED) is 0.797. The summed E-state index contributed by atoms with van der Waals surface area (Å²) in [6.07, 6.45) is 5.85. The first kappa shape index (κ1) is 15.1. The van der Waals surface area contributed by atoms with Crippen molar-refractivity contribution in [2.75, 3.05) is 39.3 Å². The number of halogens is 1. The Morgan fingerprint density at radius 3 is 2.47 bits per heavy atom. The highest BCUT2D eigenvalue weighted by Gasteiger charge is 2.40. The van der Waals surface area contributed by atoms with E-state index < -0.39 is 0 Å². The van der Waals surface area contributed by atoms with Crippen molar-refractivity contribution in [3.8, 4) is 0 Å². The Morgan fingerprint density at radius 1 is 1.21 bits per heavy atom. The number of piperidine rings is 2. The maximum Gasteiger partial charge on any atom is 0.220 e. The lowest BCUT2D eigenvalue weighted by molar-refractivity contribution is -0.119. The molecular weight excluding hydrogens is 262 g/mol. The molecule has 1 amide bonds. The Hall–Kier alpha value is -0.320. The van der Waals surface area contributed by atoms with Gasteiger partial charge in [0.1, 0.15) is 0 Å². The van der Waals surface area contributed by atoms with Crippen molar-refractivity contribution < 1.29 is 4.79 Å². The predicted octanol–water partition coefficient (Wildman–Crippen LogP) is 1.01. The number of amides is 1. The van der Waals surface area contributed by atoms with Gasteiger partial charge in [0.2, 0.25) is 5.91 Å². The monoisotopic (exact) mass is 287 g/mol. The molecule has 3 heterocycles. The maximum atomic E-state index is 11.4. The second-order valence-electron chi connectivity index (χ2n) is 6.45. The van der Waals surface area contributed by atoms with E-state index in [2.05, 4.69) is 15.5 Å². The molecule has 0 aromatic heterocycles. The zero-order valence-corrected chi connectivity index (χ0v) is 12.4. The molecule has 1 spiro atoms. The average molecular weight is 288 g/mol. The summed E-state index contributed by atoms with van der Waals surface area (Å²) in [5.74, 6) is 1.16. The minimum absolute atomic E-state index is 0. The molecule has 3 aliphatic rings. The zero-order valence-electron chi connectivity index (χ0n) is 11.6. The Labute approximate surface area is 122 Å². The van der Waals surface area contributed by atoms with Crippen LogP contribution >= 0.6 is 12.4 Å². The average Bonchev–Trinajstić information content (AvgIpc) is 2.75. The van der Waals surface area contributed by atoms with Crippen molar-refractivity contribution in [1.82, 2.24) is 15.5 Å². The van der Waals surface area contributed by atoms with E-state index in [-0.39, 0.29) is 18.3 Å². The molecule has 0 saturated carbocycles. The van der Waals surface area contributed by atoms with Crippen LogP contribution in [0.3, 0.4) is 0 Å². The van der Waals surface area contributed by atoms with Crippen LogP contribution < -0.4 is 10.6 Å². The summed E-state index contributed by atoms with van der Waals surface area (Å²) in [4.78, 5) is 14.0. The Morgan fingerprint density at radius 2 is 1.89 bits per heavy atom. The molecule has 0 aliphatic carbocycles. The number of carbonyl (C=O) groups excluding carboxylic acids is 1. The first-order valence-corrected chi connectivity index (χ1v) is 7.46. The van der Waals surface area contributed by atoms with Crippen LogP contribution in [-0.4, -0.2) is 50.1 Å². The first-order valence-electron chi connectivity index (χ1n) is 7.46. The van der Waals surface area contributed by atoms with Crippen LogP contribution in [0, 0.1) is 11.3 Å². The van der Waals surface area contributed by atoms with E-state index in [0.717, 1.165) is 18.9 Å². The Bertz CT molecular complexity index is 310. The zero-order chi connectivity index (χ0) is 12.4. The normalized spacial score (nSPS) is 28.1. The van der Waals surface area contributed by atoms with Crippen molar-refractivity contribution in [3.05, 3.63) is 0 Å². The molecule has 0 bridgehead atoms. The molecule has 3 fully saturated rings. The summed E-state index contributed by atoms with van der Waals surface area (Å²) < 4.78 is 0. The third kappa shape index (κ3) is 3.61. The number of likely N-dealkylation sites (tertiary alicyclic amines) is 1. The van der Waals surface area contributed by atoms with Crippen LogP contribution in [0.5, 0.6) is 0 Å². The molecule has 0 radical (unpaired) electrons. The fourth-order valence-electron chi connectivity index (χ4n) is 3.74. The number of nitrogens with zero attached hydrogens (tertiary/aromatic N) is 1. The van der Waals surface area contributed by atoms with E-state index in [4.69, 9.17) is 0 Å². The molecule has 19 heavy (non-hydrogen) atoms. The van der Waals surface area contributed by atoms with E-state index in [1.165, 1.54) is 58.4 Å². The van der Waals surface area contributed by atoms with E-state index in [1.807, 2.05) is 0 Å². The molecule has 0 atom stereocenters. The molecule has 3 aliphatic heterocycles. The molecule has 2 N–H and O–H groups in total. The summed E-state index contributed by atoms with van der Waals surface area (Å²) >= 11 is 0. The SMILES string of the molecule is Cl.O=C1CC2(CCN(CC3CCNCC3)CC2)CN1. The van der Waals surface area contributed by atoms with Crippen LogP contribution in [0.1, 0.15) is 32.1 Å². The second kappa shape index (κ2) is 6.42. The van der Waals surface area contributed by atoms with Crippen LogP contribution in [0.4, 0.5) is 0 Å². The largest absolute Gasteiger partial charge is 0.356 e. The van der Waals surface area contributed by atoms with Gasteiger partial charge in [-0.25, -0.2) is 0 Å². The molecule has 4 nitrogen and oxygen atoms in total. The molecule has 0 aromatic rings. The Kier molecular flexibility index (Phi) is 5.09. The summed E-state index contributed by atoms with van der Waals surface area (Å²) in [5.41, 5.74) is 0.307. The summed E-state index contributed by atoms with van der Waals surface area (Å²) in [7, 11) is 0. The number of hydrogen-bond donors (Lipinski definition) is 2. The van der Waals surface area contributed by atoms with Crippen molar-refractivity contribution in [1.29, 1.82) is 0 Å². The lowest BCUT2D eigenvalue weighted by Crippen LogP contribution is -2.44. The maximum absolute atomic E-state index is 11.4. The summed E-state index contributed by atoms with van der Waals surface area (Å²) in [5, 5.41) is 6.44. The van der Waals surface area contributed by atoms with Gasteiger partial charge in [-0.05, 0) is 63.2 Å². The molecule has 3 rings (SSSR count). The molecule has 110 valence electrons. The number of carbonyl (C=O) groups is 1. The lowest BCUT2D eigenvalue weighted by Gasteiger charge is -2.40. The number of rotatable bonds is 2. The van der Waals surface area contributed by atoms with Crippen LogP contribution in [-0.2, 0) is 4.79 Å². The van der Waals surface area contributed by atoms with Gasteiger partial charge in [0.25, 0.3) is 0 Å². The van der Waals surface area contributed by atoms with Gasteiger partial charge in [-0.1, -0.05) is 0 Å². The summed E-state index contributed by atoms with van der Waals surface area (Å²) in [6.45, 7) is 6.98. The number of nitrogens with one attached hydrogen (secondary N) is 2. The van der Waals surface area contributed by atoms with E-state index in [0.29, 0.717) is 5.41 Å². The lowest BCUT2D eigenvalue weighted by atomic mass is 9.77. The van der Waals surface area contributed by atoms with Gasteiger partial charge in [-0.2, -0.15) is 0 Å². The van der Waals surface area contributed by atoms with Gasteiger partial charge in [0.05, 0.1) is 0 Å². The van der Waals surface area contributed by atoms with Crippen molar-refractivity contribution in [3.63, 3.8) is 0 Å². The third-order valence-corrected chi connectivity index (χ3v) is 5.09. The fourth-order valence-corrected chi connectivity index (χ4v) is 3.74. The molecule has 0 aromatic carbocycles. The predicted molar refractivity (Wildman–Crippen MR) is 78.6 cm³/mol.